The fourth-order valence-electron chi connectivity index (χ4n) is 3.67. The largest absolute Gasteiger partial charge is 0.486 e. The lowest BCUT2D eigenvalue weighted by atomic mass is 9.98. The zero-order valence-electron chi connectivity index (χ0n) is 16.7. The molecule has 5 rings (SSSR count). The molecule has 154 valence electrons. The predicted octanol–water partition coefficient (Wildman–Crippen LogP) is 3.54. The molecule has 0 spiro atoms. The Morgan fingerprint density at radius 2 is 1.97 bits per heavy atom. The molecule has 31 heavy (non-hydrogen) atoms. The maximum atomic E-state index is 13.0. The number of hydrogen-bond donors (Lipinski definition) is 1. The third kappa shape index (κ3) is 3.38. The molecule has 0 radical (unpaired) electrons. The number of hydrogen-bond acceptors (Lipinski definition) is 6. The zero-order valence-corrected chi connectivity index (χ0v) is 16.7. The summed E-state index contributed by atoms with van der Waals surface area (Å²) in [6.07, 6.45) is 3.71. The summed E-state index contributed by atoms with van der Waals surface area (Å²) in [5, 5.41) is 10.8. The normalized spacial score (nSPS) is 12.5. The van der Waals surface area contributed by atoms with E-state index in [0.717, 1.165) is 22.4 Å². The van der Waals surface area contributed by atoms with E-state index in [1.807, 2.05) is 43.3 Å². The van der Waals surface area contributed by atoms with E-state index in [4.69, 9.17) is 9.47 Å². The molecule has 2 aromatic heterocycles. The van der Waals surface area contributed by atoms with Crippen LogP contribution in [-0.2, 0) is 0 Å². The van der Waals surface area contributed by atoms with Crippen LogP contribution in [0.5, 0.6) is 11.5 Å². The van der Waals surface area contributed by atoms with Gasteiger partial charge in [0.05, 0.1) is 5.56 Å². The Balaban J connectivity index is 1.49. The highest BCUT2D eigenvalue weighted by Crippen LogP contribution is 2.37. The minimum absolute atomic E-state index is 0.270. The summed E-state index contributed by atoms with van der Waals surface area (Å²) in [6.45, 7) is 3.00. The third-order valence-corrected chi connectivity index (χ3v) is 5.23. The topological polar surface area (TPSA) is 94.8 Å². The van der Waals surface area contributed by atoms with Crippen LogP contribution in [0.4, 0.5) is 5.69 Å². The van der Waals surface area contributed by atoms with Gasteiger partial charge in [0.1, 0.15) is 19.5 Å². The lowest BCUT2D eigenvalue weighted by molar-refractivity contribution is 0.102. The minimum atomic E-state index is -0.371. The molecular weight excluding hydrogens is 396 g/mol. The first kappa shape index (κ1) is 18.8. The van der Waals surface area contributed by atoms with Crippen molar-refractivity contribution in [2.75, 3.05) is 18.5 Å². The number of carbonyl (C=O) groups is 2. The number of nitrogens with one attached hydrogen (secondary N) is 1. The van der Waals surface area contributed by atoms with E-state index in [1.54, 1.807) is 10.6 Å². The average Bonchev–Trinajstić information content (AvgIpc) is 3.28. The van der Waals surface area contributed by atoms with E-state index in [1.165, 1.54) is 12.4 Å². The standard InChI is InChI=1S/C23H18N4O4/c1-14-17(16-5-6-20-21(10-16)31-8-7-30-20)3-2-4-19(14)25-23(29)18-9-15(12-28)11-27-13-24-26-22(18)27/h2-6,9-13H,7-8H2,1H3,(H,25,29). The van der Waals surface area contributed by atoms with Gasteiger partial charge in [-0.3, -0.25) is 14.0 Å². The quantitative estimate of drug-likeness (QED) is 0.513. The molecule has 1 N–H and O–H groups in total. The molecule has 8 nitrogen and oxygen atoms in total. The Morgan fingerprint density at radius 3 is 2.81 bits per heavy atom. The van der Waals surface area contributed by atoms with Crippen molar-refractivity contribution in [2.24, 2.45) is 0 Å². The molecule has 1 amide bonds. The maximum Gasteiger partial charge on any atom is 0.259 e. The van der Waals surface area contributed by atoms with Gasteiger partial charge < -0.3 is 14.8 Å². The van der Waals surface area contributed by atoms with Crippen LogP contribution in [0.3, 0.4) is 0 Å². The molecule has 0 aliphatic carbocycles. The van der Waals surface area contributed by atoms with Gasteiger partial charge in [0.15, 0.2) is 23.4 Å². The molecular formula is C23H18N4O4. The molecule has 8 heteroatoms. The fourth-order valence-corrected chi connectivity index (χ4v) is 3.67. The third-order valence-electron chi connectivity index (χ3n) is 5.23. The first-order valence-corrected chi connectivity index (χ1v) is 9.73. The number of fused-ring (bicyclic) bond motifs is 2. The molecule has 3 heterocycles. The SMILES string of the molecule is Cc1c(NC(=O)c2cc(C=O)cn3cnnc23)cccc1-c1ccc2c(c1)OCCO2. The van der Waals surface area contributed by atoms with Gasteiger partial charge in [-0.15, -0.1) is 10.2 Å². The summed E-state index contributed by atoms with van der Waals surface area (Å²) in [5.74, 6) is 1.06. The first-order chi connectivity index (χ1) is 15.1. The predicted molar refractivity (Wildman–Crippen MR) is 114 cm³/mol. The van der Waals surface area contributed by atoms with Crippen molar-refractivity contribution >= 4 is 23.5 Å². The van der Waals surface area contributed by atoms with Gasteiger partial charge in [-0.25, -0.2) is 0 Å². The second-order valence-electron chi connectivity index (χ2n) is 7.16. The highest BCUT2D eigenvalue weighted by atomic mass is 16.6. The lowest BCUT2D eigenvalue weighted by Gasteiger charge is -2.20. The van der Waals surface area contributed by atoms with E-state index >= 15 is 0 Å². The van der Waals surface area contributed by atoms with Crippen LogP contribution in [0, 0.1) is 6.92 Å². The van der Waals surface area contributed by atoms with Crippen LogP contribution >= 0.6 is 0 Å². The van der Waals surface area contributed by atoms with Crippen LogP contribution < -0.4 is 14.8 Å². The van der Waals surface area contributed by atoms with Crippen LogP contribution in [-0.4, -0.2) is 40.0 Å². The number of aldehydes is 1. The Labute approximate surface area is 177 Å². The molecule has 1 aliphatic heterocycles. The molecule has 0 saturated heterocycles. The number of aromatic nitrogens is 3. The van der Waals surface area contributed by atoms with Crippen LogP contribution in [0.25, 0.3) is 16.8 Å². The van der Waals surface area contributed by atoms with E-state index in [2.05, 4.69) is 15.5 Å². The second kappa shape index (κ2) is 7.56. The van der Waals surface area contributed by atoms with Gasteiger partial charge in [0, 0.05) is 17.4 Å². The number of pyridine rings is 1. The van der Waals surface area contributed by atoms with Crippen molar-refractivity contribution in [3.8, 4) is 22.6 Å². The molecule has 2 aromatic carbocycles. The molecule has 4 aromatic rings. The Morgan fingerprint density at radius 1 is 1.13 bits per heavy atom. The van der Waals surface area contributed by atoms with E-state index in [-0.39, 0.29) is 11.5 Å². The number of anilines is 1. The van der Waals surface area contributed by atoms with Gasteiger partial charge in [-0.2, -0.15) is 0 Å². The van der Waals surface area contributed by atoms with Gasteiger partial charge in [0.2, 0.25) is 0 Å². The van der Waals surface area contributed by atoms with Crippen molar-refractivity contribution in [2.45, 2.75) is 6.92 Å². The smallest absolute Gasteiger partial charge is 0.259 e. The first-order valence-electron chi connectivity index (χ1n) is 9.73. The van der Waals surface area contributed by atoms with Crippen molar-refractivity contribution in [1.82, 2.24) is 14.6 Å². The summed E-state index contributed by atoms with van der Waals surface area (Å²) >= 11 is 0. The highest BCUT2D eigenvalue weighted by Gasteiger charge is 2.17. The van der Waals surface area contributed by atoms with Gasteiger partial charge in [-0.05, 0) is 47.9 Å². The summed E-state index contributed by atoms with van der Waals surface area (Å²) in [6, 6.07) is 13.0. The maximum absolute atomic E-state index is 13.0. The van der Waals surface area contributed by atoms with Crippen molar-refractivity contribution in [3.05, 3.63) is 71.7 Å². The fraction of sp³-hybridized carbons (Fsp3) is 0.130. The van der Waals surface area contributed by atoms with Crippen molar-refractivity contribution in [3.63, 3.8) is 0 Å². The molecule has 0 unspecified atom stereocenters. The van der Waals surface area contributed by atoms with Gasteiger partial charge in [0.25, 0.3) is 5.91 Å². The second-order valence-corrected chi connectivity index (χ2v) is 7.16. The summed E-state index contributed by atoms with van der Waals surface area (Å²) < 4.78 is 12.8. The van der Waals surface area contributed by atoms with Crippen molar-refractivity contribution < 1.29 is 19.1 Å². The number of amides is 1. The van der Waals surface area contributed by atoms with Gasteiger partial charge in [-0.1, -0.05) is 18.2 Å². The number of benzene rings is 2. The molecule has 0 fully saturated rings. The molecule has 0 bridgehead atoms. The van der Waals surface area contributed by atoms with Crippen LogP contribution in [0.15, 0.2) is 55.0 Å². The Hall–Kier alpha value is -4.20. The summed E-state index contributed by atoms with van der Waals surface area (Å²) in [7, 11) is 0. The van der Waals surface area contributed by atoms with Crippen molar-refractivity contribution in [1.29, 1.82) is 0 Å². The number of nitrogens with zero attached hydrogens (tertiary/aromatic N) is 3. The Bertz CT molecular complexity index is 1330. The van der Waals surface area contributed by atoms with E-state index in [9.17, 15) is 9.59 Å². The Kier molecular flexibility index (Phi) is 4.59. The number of ether oxygens (including phenoxy) is 2. The number of carbonyl (C=O) groups excluding carboxylic acids is 2. The molecule has 0 atom stereocenters. The minimum Gasteiger partial charge on any atom is -0.486 e. The van der Waals surface area contributed by atoms with Crippen LogP contribution in [0.1, 0.15) is 26.3 Å². The number of rotatable bonds is 4. The molecule has 1 aliphatic rings. The monoisotopic (exact) mass is 414 g/mol. The van der Waals surface area contributed by atoms with E-state index < -0.39 is 0 Å². The summed E-state index contributed by atoms with van der Waals surface area (Å²) in [4.78, 5) is 24.3. The van der Waals surface area contributed by atoms with Crippen LogP contribution in [0.2, 0.25) is 0 Å². The zero-order chi connectivity index (χ0) is 21.4. The summed E-state index contributed by atoms with van der Waals surface area (Å²) in [5.41, 5.74) is 4.49. The lowest BCUT2D eigenvalue weighted by Crippen LogP contribution is -2.15. The van der Waals surface area contributed by atoms with Gasteiger partial charge >= 0.3 is 0 Å². The van der Waals surface area contributed by atoms with E-state index in [0.29, 0.717) is 42.1 Å². The highest BCUT2D eigenvalue weighted by molar-refractivity contribution is 6.09. The average molecular weight is 414 g/mol. The molecule has 0 saturated carbocycles.